The minimum atomic E-state index is -1.38. The quantitative estimate of drug-likeness (QED) is 0.617. The Hall–Kier alpha value is -2.04. The molecule has 1 N–H and O–H groups in total. The Kier molecular flexibility index (Phi) is 6.21. The maximum Gasteiger partial charge on any atom is 0.323 e. The van der Waals surface area contributed by atoms with Gasteiger partial charge in [0.15, 0.2) is 5.41 Å². The fraction of sp³-hybridized carbons (Fsp3) is 0.500. The number of ether oxygens (including phenoxy) is 2. The molecule has 21 heavy (non-hydrogen) atoms. The number of hydrogen-bond acceptors (Lipinski definition) is 5. The zero-order valence-electron chi connectivity index (χ0n) is 12.7. The summed E-state index contributed by atoms with van der Waals surface area (Å²) >= 11 is 0. The molecule has 0 aromatic heterocycles. The highest BCUT2D eigenvalue weighted by molar-refractivity contribution is 6.00. The van der Waals surface area contributed by atoms with Crippen LogP contribution in [-0.2, 0) is 25.5 Å². The van der Waals surface area contributed by atoms with Crippen molar-refractivity contribution in [3.8, 4) is 5.75 Å². The van der Waals surface area contributed by atoms with Crippen molar-refractivity contribution >= 4 is 11.9 Å². The van der Waals surface area contributed by atoms with E-state index in [1.807, 2.05) is 0 Å². The molecule has 0 aliphatic carbocycles. The van der Waals surface area contributed by atoms with Crippen molar-refractivity contribution in [2.75, 3.05) is 13.2 Å². The number of benzene rings is 1. The predicted molar refractivity (Wildman–Crippen MR) is 77.8 cm³/mol. The molecule has 0 saturated carbocycles. The van der Waals surface area contributed by atoms with Crippen molar-refractivity contribution in [2.45, 2.75) is 33.6 Å². The highest BCUT2D eigenvalue weighted by Gasteiger charge is 2.47. The predicted octanol–water partition coefficient (Wildman–Crippen LogP) is 2.46. The van der Waals surface area contributed by atoms with E-state index in [2.05, 4.69) is 0 Å². The van der Waals surface area contributed by atoms with Gasteiger partial charge >= 0.3 is 11.9 Å². The van der Waals surface area contributed by atoms with Crippen LogP contribution in [0.3, 0.4) is 0 Å². The molecule has 0 fully saturated rings. The van der Waals surface area contributed by atoms with Gasteiger partial charge in [0.2, 0.25) is 0 Å². The summed E-state index contributed by atoms with van der Waals surface area (Å²) in [7, 11) is 0. The molecule has 0 bridgehead atoms. The fourth-order valence-corrected chi connectivity index (χ4v) is 2.19. The van der Waals surface area contributed by atoms with Crippen LogP contribution in [0.4, 0.5) is 0 Å². The van der Waals surface area contributed by atoms with E-state index in [1.165, 1.54) is 12.1 Å². The van der Waals surface area contributed by atoms with Crippen LogP contribution >= 0.6 is 0 Å². The van der Waals surface area contributed by atoms with Gasteiger partial charge in [-0.2, -0.15) is 0 Å². The summed E-state index contributed by atoms with van der Waals surface area (Å²) < 4.78 is 10.1. The molecule has 0 atom stereocenters. The molecule has 0 radical (unpaired) electrons. The minimum Gasteiger partial charge on any atom is -0.508 e. The van der Waals surface area contributed by atoms with Crippen molar-refractivity contribution in [3.63, 3.8) is 0 Å². The largest absolute Gasteiger partial charge is 0.508 e. The Morgan fingerprint density at radius 1 is 1.10 bits per heavy atom. The van der Waals surface area contributed by atoms with Crippen LogP contribution in [0.15, 0.2) is 24.3 Å². The van der Waals surface area contributed by atoms with Gasteiger partial charge in [-0.3, -0.25) is 9.59 Å². The topological polar surface area (TPSA) is 72.8 Å². The van der Waals surface area contributed by atoms with E-state index < -0.39 is 17.4 Å². The lowest BCUT2D eigenvalue weighted by Crippen LogP contribution is -2.43. The Balaban J connectivity index is 3.16. The first-order valence-electron chi connectivity index (χ1n) is 7.12. The number of esters is 2. The van der Waals surface area contributed by atoms with Gasteiger partial charge in [0.1, 0.15) is 5.75 Å². The molecular formula is C16H22O5. The number of carbonyl (C=O) groups excluding carboxylic acids is 2. The normalized spacial score (nSPS) is 11.0. The summed E-state index contributed by atoms with van der Waals surface area (Å²) in [5.41, 5.74) is -0.697. The van der Waals surface area contributed by atoms with E-state index in [4.69, 9.17) is 9.47 Å². The van der Waals surface area contributed by atoms with Gasteiger partial charge in [-0.25, -0.2) is 0 Å². The smallest absolute Gasteiger partial charge is 0.323 e. The van der Waals surface area contributed by atoms with Crippen molar-refractivity contribution < 1.29 is 24.2 Å². The van der Waals surface area contributed by atoms with Crippen LogP contribution in [0.1, 0.15) is 32.8 Å². The summed E-state index contributed by atoms with van der Waals surface area (Å²) in [4.78, 5) is 24.6. The van der Waals surface area contributed by atoms with Crippen LogP contribution in [0.2, 0.25) is 0 Å². The van der Waals surface area contributed by atoms with Crippen LogP contribution in [0, 0.1) is 5.41 Å². The monoisotopic (exact) mass is 294 g/mol. The fourth-order valence-electron chi connectivity index (χ4n) is 2.19. The average Bonchev–Trinajstić information content (AvgIpc) is 2.45. The summed E-state index contributed by atoms with van der Waals surface area (Å²) in [6.07, 6.45) is 0.399. The Morgan fingerprint density at radius 2 is 1.67 bits per heavy atom. The van der Waals surface area contributed by atoms with Gasteiger partial charge in [-0.15, -0.1) is 0 Å². The second-order valence-electron chi connectivity index (χ2n) is 4.72. The third-order valence-electron chi connectivity index (χ3n) is 3.35. The molecule has 1 aromatic carbocycles. The van der Waals surface area contributed by atoms with E-state index in [0.29, 0.717) is 5.56 Å². The average molecular weight is 294 g/mol. The molecule has 1 rings (SSSR count). The minimum absolute atomic E-state index is 0.0882. The van der Waals surface area contributed by atoms with Crippen molar-refractivity contribution in [1.82, 2.24) is 0 Å². The van der Waals surface area contributed by atoms with E-state index in [9.17, 15) is 14.7 Å². The highest BCUT2D eigenvalue weighted by atomic mass is 16.6. The van der Waals surface area contributed by atoms with Crippen LogP contribution in [0.5, 0.6) is 5.75 Å². The summed E-state index contributed by atoms with van der Waals surface area (Å²) in [6, 6.07) is 6.48. The van der Waals surface area contributed by atoms with Crippen LogP contribution in [0.25, 0.3) is 0 Å². The second kappa shape index (κ2) is 7.67. The summed E-state index contributed by atoms with van der Waals surface area (Å²) in [6.45, 7) is 5.52. The molecule has 0 amide bonds. The lowest BCUT2D eigenvalue weighted by molar-refractivity contribution is -0.172. The van der Waals surface area contributed by atoms with Gasteiger partial charge in [-0.05, 0) is 44.4 Å². The molecule has 116 valence electrons. The molecular weight excluding hydrogens is 272 g/mol. The molecule has 0 saturated heterocycles. The van der Waals surface area contributed by atoms with Gasteiger partial charge in [0.25, 0.3) is 0 Å². The van der Waals surface area contributed by atoms with E-state index >= 15 is 0 Å². The van der Waals surface area contributed by atoms with Crippen molar-refractivity contribution in [3.05, 3.63) is 29.8 Å². The third-order valence-corrected chi connectivity index (χ3v) is 3.35. The zero-order valence-corrected chi connectivity index (χ0v) is 12.7. The van der Waals surface area contributed by atoms with E-state index in [1.54, 1.807) is 32.9 Å². The lowest BCUT2D eigenvalue weighted by Gasteiger charge is -2.28. The maximum atomic E-state index is 12.3. The Labute approximate surface area is 124 Å². The molecule has 1 aromatic rings. The van der Waals surface area contributed by atoms with Crippen molar-refractivity contribution in [1.29, 1.82) is 0 Å². The number of hydrogen-bond donors (Lipinski definition) is 1. The lowest BCUT2D eigenvalue weighted by atomic mass is 9.79. The number of rotatable bonds is 7. The number of carbonyl (C=O) groups is 2. The highest BCUT2D eigenvalue weighted by Crippen LogP contribution is 2.32. The second-order valence-corrected chi connectivity index (χ2v) is 4.72. The number of phenols is 1. The Bertz CT molecular complexity index is 477. The first kappa shape index (κ1) is 17.0. The van der Waals surface area contributed by atoms with Crippen LogP contribution < -0.4 is 0 Å². The Morgan fingerprint density at radius 3 is 2.10 bits per heavy atom. The first-order valence-corrected chi connectivity index (χ1v) is 7.12. The molecule has 5 nitrogen and oxygen atoms in total. The maximum absolute atomic E-state index is 12.3. The molecule has 5 heteroatoms. The van der Waals surface area contributed by atoms with Crippen molar-refractivity contribution in [2.24, 2.45) is 5.41 Å². The van der Waals surface area contributed by atoms with Gasteiger partial charge < -0.3 is 14.6 Å². The third kappa shape index (κ3) is 3.97. The number of aromatic hydroxyl groups is 1. The van der Waals surface area contributed by atoms with Gasteiger partial charge in [0, 0.05) is 0 Å². The molecule has 0 aliphatic rings. The van der Waals surface area contributed by atoms with Crippen LogP contribution in [-0.4, -0.2) is 30.3 Å². The van der Waals surface area contributed by atoms with E-state index in [0.717, 1.165) is 0 Å². The molecule has 0 heterocycles. The summed E-state index contributed by atoms with van der Waals surface area (Å²) in [5, 5.41) is 9.53. The standard InChI is InChI=1S/C16H22O5/c1-4-16(14(18)20-5-2,15(19)21-6-3)11-12-8-7-9-13(17)10-12/h7-10,17H,4-6,11H2,1-3H3. The van der Waals surface area contributed by atoms with Gasteiger partial charge in [0.05, 0.1) is 13.2 Å². The molecule has 0 unspecified atom stereocenters. The summed E-state index contributed by atoms with van der Waals surface area (Å²) in [5.74, 6) is -1.09. The van der Waals surface area contributed by atoms with E-state index in [-0.39, 0.29) is 31.8 Å². The zero-order chi connectivity index (χ0) is 15.9. The molecule has 0 aliphatic heterocycles. The SMILES string of the molecule is CCOC(=O)C(CC)(Cc1cccc(O)c1)C(=O)OCC. The number of phenolic OH excluding ortho intramolecular Hbond substituents is 1. The molecule has 0 spiro atoms. The first-order chi connectivity index (χ1) is 10.00. The van der Waals surface area contributed by atoms with Gasteiger partial charge in [-0.1, -0.05) is 19.1 Å².